The van der Waals surface area contributed by atoms with Gasteiger partial charge < -0.3 is 9.47 Å². The zero-order valence-electron chi connectivity index (χ0n) is 14.6. The van der Waals surface area contributed by atoms with Gasteiger partial charge in [0.2, 0.25) is 0 Å². The molecule has 2 saturated heterocycles. The van der Waals surface area contributed by atoms with Crippen LogP contribution in [0.1, 0.15) is 40.0 Å². The van der Waals surface area contributed by atoms with Gasteiger partial charge in [0.25, 0.3) is 0 Å². The Bertz CT molecular complexity index is 464. The number of esters is 1. The molecule has 1 spiro atoms. The third-order valence-electron chi connectivity index (χ3n) is 5.26. The lowest BCUT2D eigenvalue weighted by Gasteiger charge is -2.55. The zero-order chi connectivity index (χ0) is 16.9. The van der Waals surface area contributed by atoms with E-state index in [1.165, 1.54) is 0 Å². The summed E-state index contributed by atoms with van der Waals surface area (Å²) in [7, 11) is 0. The number of ether oxygens (including phenoxy) is 2. The Hall–Kier alpha value is -1.16. The summed E-state index contributed by atoms with van der Waals surface area (Å²) in [6, 6.07) is 2.25. The second kappa shape index (κ2) is 7.61. The van der Waals surface area contributed by atoms with E-state index >= 15 is 0 Å². The number of hydrogen-bond donors (Lipinski definition) is 0. The van der Waals surface area contributed by atoms with Crippen molar-refractivity contribution in [3.05, 3.63) is 0 Å². The van der Waals surface area contributed by atoms with Gasteiger partial charge >= 0.3 is 5.97 Å². The highest BCUT2D eigenvalue weighted by atomic mass is 16.5. The molecule has 2 aliphatic rings. The van der Waals surface area contributed by atoms with Crippen LogP contribution in [0.25, 0.3) is 0 Å². The van der Waals surface area contributed by atoms with Crippen molar-refractivity contribution in [2.45, 2.75) is 51.2 Å². The maximum atomic E-state index is 12.0. The predicted molar refractivity (Wildman–Crippen MR) is 86.9 cm³/mol. The van der Waals surface area contributed by atoms with Gasteiger partial charge in [0.1, 0.15) is 0 Å². The number of hydrogen-bond acceptors (Lipinski definition) is 6. The minimum absolute atomic E-state index is 0.106. The first-order chi connectivity index (χ1) is 11.0. The molecule has 0 saturated carbocycles. The molecule has 2 aliphatic heterocycles. The summed E-state index contributed by atoms with van der Waals surface area (Å²) in [4.78, 5) is 16.5. The lowest BCUT2D eigenvalue weighted by molar-refractivity contribution is -0.164. The summed E-state index contributed by atoms with van der Waals surface area (Å²) in [5.41, 5.74) is -0.272. The first kappa shape index (κ1) is 18.2. The Morgan fingerprint density at radius 2 is 2.17 bits per heavy atom. The van der Waals surface area contributed by atoms with Crippen LogP contribution in [0.5, 0.6) is 0 Å². The number of carbonyl (C=O) groups excluding carboxylic acids is 1. The Morgan fingerprint density at radius 3 is 2.83 bits per heavy atom. The Kier molecular flexibility index (Phi) is 6.01. The van der Waals surface area contributed by atoms with Crippen LogP contribution in [-0.4, -0.2) is 72.8 Å². The van der Waals surface area contributed by atoms with Crippen LogP contribution < -0.4 is 0 Å². The Morgan fingerprint density at radius 1 is 1.39 bits per heavy atom. The van der Waals surface area contributed by atoms with E-state index in [2.05, 4.69) is 29.7 Å². The number of nitrogens with zero attached hydrogens (tertiary/aromatic N) is 3. The molecule has 6 heteroatoms. The van der Waals surface area contributed by atoms with Gasteiger partial charge in [-0.3, -0.25) is 14.6 Å². The minimum atomic E-state index is -0.166. The molecule has 23 heavy (non-hydrogen) atoms. The number of piperazine rings is 1. The van der Waals surface area contributed by atoms with Gasteiger partial charge in [0, 0.05) is 31.8 Å². The summed E-state index contributed by atoms with van der Waals surface area (Å²) < 4.78 is 11.2. The molecule has 2 unspecified atom stereocenters. The molecule has 2 atom stereocenters. The summed E-state index contributed by atoms with van der Waals surface area (Å²) in [5, 5.41) is 9.03. The lowest BCUT2D eigenvalue weighted by atomic mass is 9.76. The molecule has 6 nitrogen and oxygen atoms in total. The number of nitriles is 1. The minimum Gasteiger partial charge on any atom is -0.465 e. The largest absolute Gasteiger partial charge is 0.465 e. The molecule has 0 aromatic carbocycles. The third-order valence-corrected chi connectivity index (χ3v) is 5.26. The molecule has 0 aliphatic carbocycles. The van der Waals surface area contributed by atoms with Gasteiger partial charge in [0.15, 0.2) is 0 Å². The summed E-state index contributed by atoms with van der Waals surface area (Å²) in [6.07, 6.45) is 2.72. The second-order valence-corrected chi connectivity index (χ2v) is 6.90. The van der Waals surface area contributed by atoms with E-state index in [-0.39, 0.29) is 17.1 Å². The number of rotatable bonds is 5. The highest BCUT2D eigenvalue weighted by Gasteiger charge is 2.49. The van der Waals surface area contributed by atoms with E-state index in [0.717, 1.165) is 38.9 Å². The SMILES string of the molecule is CCOC(=O)CN1CCN(CC#N)CC12CCOC(C)(CC)C2. The van der Waals surface area contributed by atoms with Crippen molar-refractivity contribution in [3.8, 4) is 6.07 Å². The quantitative estimate of drug-likeness (QED) is 0.563. The molecule has 2 heterocycles. The molecule has 0 radical (unpaired) electrons. The standard InChI is InChI=1S/C17H29N3O3/c1-4-16(3)13-17(6-11-23-16)14-19(8-7-18)9-10-20(17)12-15(21)22-5-2/h4-6,8-14H2,1-3H3. The average molecular weight is 323 g/mol. The molecule has 2 fully saturated rings. The second-order valence-electron chi connectivity index (χ2n) is 6.90. The van der Waals surface area contributed by atoms with Crippen LogP contribution in [-0.2, 0) is 14.3 Å². The van der Waals surface area contributed by atoms with Crippen molar-refractivity contribution in [1.82, 2.24) is 9.80 Å². The molecular formula is C17H29N3O3. The van der Waals surface area contributed by atoms with Crippen LogP contribution in [0.4, 0.5) is 0 Å². The van der Waals surface area contributed by atoms with E-state index in [0.29, 0.717) is 26.3 Å². The van der Waals surface area contributed by atoms with Crippen molar-refractivity contribution < 1.29 is 14.3 Å². The van der Waals surface area contributed by atoms with Gasteiger partial charge in [-0.05, 0) is 33.1 Å². The summed E-state index contributed by atoms with van der Waals surface area (Å²) in [6.45, 7) is 10.4. The van der Waals surface area contributed by atoms with E-state index in [9.17, 15) is 4.79 Å². The van der Waals surface area contributed by atoms with Gasteiger partial charge in [-0.2, -0.15) is 5.26 Å². The van der Waals surface area contributed by atoms with Crippen LogP contribution in [0.2, 0.25) is 0 Å². The van der Waals surface area contributed by atoms with E-state index < -0.39 is 0 Å². The maximum Gasteiger partial charge on any atom is 0.320 e. The summed E-state index contributed by atoms with van der Waals surface area (Å²) >= 11 is 0. The fourth-order valence-corrected chi connectivity index (χ4v) is 3.89. The first-order valence-electron chi connectivity index (χ1n) is 8.61. The van der Waals surface area contributed by atoms with Crippen molar-refractivity contribution in [2.24, 2.45) is 0 Å². The van der Waals surface area contributed by atoms with Crippen molar-refractivity contribution in [1.29, 1.82) is 5.26 Å². The fraction of sp³-hybridized carbons (Fsp3) is 0.882. The van der Waals surface area contributed by atoms with Crippen molar-refractivity contribution >= 4 is 5.97 Å². The molecular weight excluding hydrogens is 294 g/mol. The van der Waals surface area contributed by atoms with Crippen LogP contribution >= 0.6 is 0 Å². The maximum absolute atomic E-state index is 12.0. The Balaban J connectivity index is 2.19. The Labute approximate surface area is 139 Å². The van der Waals surface area contributed by atoms with Crippen molar-refractivity contribution in [2.75, 3.05) is 45.9 Å². The third kappa shape index (κ3) is 4.23. The number of carbonyl (C=O) groups is 1. The highest BCUT2D eigenvalue weighted by Crippen LogP contribution is 2.40. The van der Waals surface area contributed by atoms with Gasteiger partial charge in [-0.15, -0.1) is 0 Å². The van der Waals surface area contributed by atoms with Crippen LogP contribution in [0, 0.1) is 11.3 Å². The molecule has 0 bridgehead atoms. The fourth-order valence-electron chi connectivity index (χ4n) is 3.89. The molecule has 0 aromatic rings. The highest BCUT2D eigenvalue weighted by molar-refractivity contribution is 5.71. The van der Waals surface area contributed by atoms with Crippen molar-refractivity contribution in [3.63, 3.8) is 0 Å². The normalized spacial score (nSPS) is 32.6. The predicted octanol–water partition coefficient (Wildman–Crippen LogP) is 1.41. The van der Waals surface area contributed by atoms with Crippen LogP contribution in [0.15, 0.2) is 0 Å². The zero-order valence-corrected chi connectivity index (χ0v) is 14.6. The molecule has 2 rings (SSSR count). The monoisotopic (exact) mass is 323 g/mol. The van der Waals surface area contributed by atoms with Gasteiger partial charge in [-0.1, -0.05) is 6.92 Å². The average Bonchev–Trinajstić information content (AvgIpc) is 2.51. The molecule has 0 amide bonds. The van der Waals surface area contributed by atoms with E-state index in [1.54, 1.807) is 0 Å². The first-order valence-corrected chi connectivity index (χ1v) is 8.61. The smallest absolute Gasteiger partial charge is 0.320 e. The van der Waals surface area contributed by atoms with E-state index in [4.69, 9.17) is 14.7 Å². The van der Waals surface area contributed by atoms with Gasteiger partial charge in [-0.25, -0.2) is 0 Å². The lowest BCUT2D eigenvalue weighted by Crippen LogP contribution is -2.67. The molecule has 0 N–H and O–H groups in total. The summed E-state index contributed by atoms with van der Waals surface area (Å²) in [5.74, 6) is -0.162. The topological polar surface area (TPSA) is 65.8 Å². The van der Waals surface area contributed by atoms with Gasteiger partial charge in [0.05, 0.1) is 31.4 Å². The van der Waals surface area contributed by atoms with Crippen LogP contribution in [0.3, 0.4) is 0 Å². The molecule has 0 aromatic heterocycles. The molecule has 130 valence electrons. The van der Waals surface area contributed by atoms with E-state index in [1.807, 2.05) is 6.92 Å².